The minimum Gasteiger partial charge on any atom is -0.495 e. The Bertz CT molecular complexity index is 813. The highest BCUT2D eigenvalue weighted by Gasteiger charge is 2.18. The average molecular weight is 378 g/mol. The van der Waals surface area contributed by atoms with Crippen LogP contribution < -0.4 is 10.1 Å². The van der Waals surface area contributed by atoms with Gasteiger partial charge in [-0.2, -0.15) is 0 Å². The van der Waals surface area contributed by atoms with Gasteiger partial charge in [-0.3, -0.25) is 19.8 Å². The summed E-state index contributed by atoms with van der Waals surface area (Å²) in [6, 6.07) is 11.2. The molecule has 0 aliphatic heterocycles. The second-order valence-corrected chi connectivity index (χ2v) is 6.27. The standard InChI is InChI=1S/C18H20ClN3O4/c1-12(13-5-4-6-15(9-13)22(24)25)21(2)11-18(23)20-16-10-14(19)7-8-17(16)26-3/h4-10,12H,11H2,1-3H3,(H,20,23)/t12-/m1/s1. The molecule has 1 amide bonds. The van der Waals surface area contributed by atoms with Gasteiger partial charge < -0.3 is 10.1 Å². The fourth-order valence-electron chi connectivity index (χ4n) is 2.48. The molecule has 2 rings (SSSR count). The second-order valence-electron chi connectivity index (χ2n) is 5.84. The van der Waals surface area contributed by atoms with Crippen LogP contribution in [-0.4, -0.2) is 36.4 Å². The van der Waals surface area contributed by atoms with Crippen LogP contribution in [0, 0.1) is 10.1 Å². The van der Waals surface area contributed by atoms with Crippen LogP contribution in [0.3, 0.4) is 0 Å². The van der Waals surface area contributed by atoms with Gasteiger partial charge in [-0.05, 0) is 37.7 Å². The van der Waals surface area contributed by atoms with Crippen LogP contribution >= 0.6 is 11.6 Å². The number of carbonyl (C=O) groups is 1. The summed E-state index contributed by atoms with van der Waals surface area (Å²) in [6.07, 6.45) is 0. The molecular formula is C18H20ClN3O4. The maximum atomic E-state index is 12.4. The molecule has 0 bridgehead atoms. The molecule has 0 spiro atoms. The summed E-state index contributed by atoms with van der Waals surface area (Å²) in [6.45, 7) is 1.98. The third-order valence-electron chi connectivity index (χ3n) is 4.05. The van der Waals surface area contributed by atoms with Gasteiger partial charge >= 0.3 is 0 Å². The number of benzene rings is 2. The number of nitro groups is 1. The number of carbonyl (C=O) groups excluding carboxylic acids is 1. The van der Waals surface area contributed by atoms with Crippen LogP contribution in [0.15, 0.2) is 42.5 Å². The SMILES string of the molecule is COc1ccc(Cl)cc1NC(=O)CN(C)[C@H](C)c1cccc([N+](=O)[O-])c1. The smallest absolute Gasteiger partial charge is 0.269 e. The predicted octanol–water partition coefficient (Wildman–Crippen LogP) is 3.89. The molecule has 1 atom stereocenters. The predicted molar refractivity (Wildman–Crippen MR) is 101 cm³/mol. The van der Waals surface area contributed by atoms with Crippen molar-refractivity contribution in [2.75, 3.05) is 26.0 Å². The molecular weight excluding hydrogens is 358 g/mol. The molecule has 0 saturated carbocycles. The van der Waals surface area contributed by atoms with Gasteiger partial charge in [0.05, 0.1) is 24.3 Å². The first-order valence-electron chi connectivity index (χ1n) is 7.89. The van der Waals surface area contributed by atoms with Crippen molar-refractivity contribution in [2.45, 2.75) is 13.0 Å². The number of non-ortho nitro benzene ring substituents is 1. The minimum atomic E-state index is -0.436. The Morgan fingerprint density at radius 2 is 2.08 bits per heavy atom. The van der Waals surface area contributed by atoms with E-state index in [9.17, 15) is 14.9 Å². The Hall–Kier alpha value is -2.64. The van der Waals surface area contributed by atoms with Crippen molar-refractivity contribution >= 4 is 28.9 Å². The summed E-state index contributed by atoms with van der Waals surface area (Å²) >= 11 is 5.96. The maximum Gasteiger partial charge on any atom is 0.269 e. The number of hydrogen-bond donors (Lipinski definition) is 1. The van der Waals surface area contributed by atoms with Crippen molar-refractivity contribution < 1.29 is 14.5 Å². The van der Waals surface area contributed by atoms with Gasteiger partial charge in [-0.1, -0.05) is 23.7 Å². The van der Waals surface area contributed by atoms with Crippen molar-refractivity contribution in [3.63, 3.8) is 0 Å². The van der Waals surface area contributed by atoms with Crippen LogP contribution in [0.2, 0.25) is 5.02 Å². The molecule has 0 aliphatic carbocycles. The number of methoxy groups -OCH3 is 1. The van der Waals surface area contributed by atoms with Gasteiger partial charge in [0.1, 0.15) is 5.75 Å². The number of likely N-dealkylation sites (N-methyl/N-ethyl adjacent to an activating group) is 1. The summed E-state index contributed by atoms with van der Waals surface area (Å²) in [5, 5.41) is 14.2. The lowest BCUT2D eigenvalue weighted by molar-refractivity contribution is -0.384. The lowest BCUT2D eigenvalue weighted by Gasteiger charge is -2.24. The fourth-order valence-corrected chi connectivity index (χ4v) is 2.66. The maximum absolute atomic E-state index is 12.4. The van der Waals surface area contributed by atoms with Crippen molar-refractivity contribution in [1.82, 2.24) is 4.90 Å². The average Bonchev–Trinajstić information content (AvgIpc) is 2.61. The van der Waals surface area contributed by atoms with E-state index in [1.54, 1.807) is 42.3 Å². The Labute approximate surface area is 156 Å². The molecule has 0 aliphatic rings. The summed E-state index contributed by atoms with van der Waals surface area (Å²) < 4.78 is 5.21. The molecule has 0 fully saturated rings. The number of nitrogens with zero attached hydrogens (tertiary/aromatic N) is 2. The molecule has 0 radical (unpaired) electrons. The van der Waals surface area contributed by atoms with Gasteiger partial charge in [0.2, 0.25) is 5.91 Å². The van der Waals surface area contributed by atoms with Gasteiger partial charge in [-0.25, -0.2) is 0 Å². The molecule has 0 unspecified atom stereocenters. The number of halogens is 1. The zero-order chi connectivity index (χ0) is 19.3. The Kier molecular flexibility index (Phi) is 6.54. The van der Waals surface area contributed by atoms with E-state index in [1.165, 1.54) is 19.2 Å². The molecule has 26 heavy (non-hydrogen) atoms. The molecule has 0 aromatic heterocycles. The van der Waals surface area contributed by atoms with Crippen LogP contribution in [0.1, 0.15) is 18.5 Å². The number of anilines is 1. The van der Waals surface area contributed by atoms with E-state index in [2.05, 4.69) is 5.32 Å². The molecule has 7 nitrogen and oxygen atoms in total. The third-order valence-corrected chi connectivity index (χ3v) is 4.29. The van der Waals surface area contributed by atoms with Crippen LogP contribution in [0.4, 0.5) is 11.4 Å². The Morgan fingerprint density at radius 1 is 1.35 bits per heavy atom. The van der Waals surface area contributed by atoms with Gasteiger partial charge in [0.15, 0.2) is 0 Å². The third kappa shape index (κ3) is 4.93. The van der Waals surface area contributed by atoms with Crippen LogP contribution in [0.5, 0.6) is 5.75 Å². The van der Waals surface area contributed by atoms with E-state index >= 15 is 0 Å². The summed E-state index contributed by atoms with van der Waals surface area (Å²) in [7, 11) is 3.29. The topological polar surface area (TPSA) is 84.7 Å². The normalized spacial score (nSPS) is 11.9. The van der Waals surface area contributed by atoms with Crippen molar-refractivity contribution in [3.05, 3.63) is 63.2 Å². The molecule has 0 heterocycles. The van der Waals surface area contributed by atoms with Crippen molar-refractivity contribution in [1.29, 1.82) is 0 Å². The number of rotatable bonds is 7. The van der Waals surface area contributed by atoms with E-state index in [0.29, 0.717) is 16.5 Å². The van der Waals surface area contributed by atoms with Gasteiger partial charge in [0.25, 0.3) is 5.69 Å². The van der Waals surface area contributed by atoms with E-state index in [0.717, 1.165) is 5.56 Å². The largest absolute Gasteiger partial charge is 0.495 e. The van der Waals surface area contributed by atoms with Crippen molar-refractivity contribution in [3.8, 4) is 5.75 Å². The highest BCUT2D eigenvalue weighted by atomic mass is 35.5. The number of nitro benzene ring substituents is 1. The Morgan fingerprint density at radius 3 is 2.73 bits per heavy atom. The zero-order valence-electron chi connectivity index (χ0n) is 14.7. The quantitative estimate of drug-likeness (QED) is 0.584. The molecule has 1 N–H and O–H groups in total. The van der Waals surface area contributed by atoms with Crippen LogP contribution in [0.25, 0.3) is 0 Å². The van der Waals surface area contributed by atoms with E-state index in [-0.39, 0.29) is 24.2 Å². The minimum absolute atomic E-state index is 0.0239. The molecule has 2 aromatic carbocycles. The summed E-state index contributed by atoms with van der Waals surface area (Å²) in [5.41, 5.74) is 1.27. The Balaban J connectivity index is 2.06. The first kappa shape index (κ1) is 19.7. The van der Waals surface area contributed by atoms with Gasteiger partial charge in [-0.15, -0.1) is 0 Å². The van der Waals surface area contributed by atoms with Gasteiger partial charge in [0, 0.05) is 23.2 Å². The summed E-state index contributed by atoms with van der Waals surface area (Å²) in [5.74, 6) is 0.266. The number of nitrogens with one attached hydrogen (secondary N) is 1. The number of amides is 1. The monoisotopic (exact) mass is 377 g/mol. The number of hydrogen-bond acceptors (Lipinski definition) is 5. The first-order chi connectivity index (χ1) is 12.3. The van der Waals surface area contributed by atoms with Crippen LogP contribution in [-0.2, 0) is 4.79 Å². The lowest BCUT2D eigenvalue weighted by Crippen LogP contribution is -2.32. The molecule has 8 heteroatoms. The van der Waals surface area contributed by atoms with E-state index in [4.69, 9.17) is 16.3 Å². The lowest BCUT2D eigenvalue weighted by atomic mass is 10.1. The van der Waals surface area contributed by atoms with Crippen molar-refractivity contribution in [2.24, 2.45) is 0 Å². The molecule has 0 saturated heterocycles. The highest BCUT2D eigenvalue weighted by Crippen LogP contribution is 2.28. The zero-order valence-corrected chi connectivity index (χ0v) is 15.5. The fraction of sp³-hybridized carbons (Fsp3) is 0.278. The highest BCUT2D eigenvalue weighted by molar-refractivity contribution is 6.31. The van der Waals surface area contributed by atoms with E-state index < -0.39 is 4.92 Å². The second kappa shape index (κ2) is 8.64. The van der Waals surface area contributed by atoms with E-state index in [1.807, 2.05) is 6.92 Å². The molecule has 2 aromatic rings. The number of ether oxygens (including phenoxy) is 1. The summed E-state index contributed by atoms with van der Waals surface area (Å²) in [4.78, 5) is 24.6. The molecule has 138 valence electrons. The first-order valence-corrected chi connectivity index (χ1v) is 8.27.